The number of benzene rings is 2. The number of ether oxygens (including phenoxy) is 1. The van der Waals surface area contributed by atoms with E-state index in [9.17, 15) is 21.6 Å². The smallest absolute Gasteiger partial charge is 0.301 e. The molecule has 0 saturated heterocycles. The van der Waals surface area contributed by atoms with Crippen molar-refractivity contribution in [2.45, 2.75) is 11.3 Å². The molecule has 0 fully saturated rings. The Hall–Kier alpha value is -3.59. The highest BCUT2D eigenvalue weighted by molar-refractivity contribution is 7.92. The van der Waals surface area contributed by atoms with Crippen LogP contribution in [0.15, 0.2) is 89.9 Å². The average Bonchev–Trinajstić information content (AvgIpc) is 2.83. The standard InChI is InChI=1S/C24H21F3N2O3S/c1-32-20-8-10-21(11-9-20)33(30,31)29(17-14-22(25)24(26)27)23-5-3-2-4-19(23)7-6-18-12-15-28-16-13-18/h2-13,15-16H,14,17H2,1H3/b7-6+. The van der Waals surface area contributed by atoms with Crippen molar-refractivity contribution in [2.75, 3.05) is 18.0 Å². The highest BCUT2D eigenvalue weighted by Gasteiger charge is 2.27. The van der Waals surface area contributed by atoms with Crippen molar-refractivity contribution in [3.63, 3.8) is 0 Å². The van der Waals surface area contributed by atoms with Gasteiger partial charge in [0, 0.05) is 25.4 Å². The summed E-state index contributed by atoms with van der Waals surface area (Å²) in [6, 6.07) is 15.8. The summed E-state index contributed by atoms with van der Waals surface area (Å²) in [4.78, 5) is 3.87. The van der Waals surface area contributed by atoms with E-state index in [1.54, 1.807) is 60.9 Å². The normalized spacial score (nSPS) is 11.4. The molecule has 0 aliphatic carbocycles. The van der Waals surface area contributed by atoms with Crippen LogP contribution < -0.4 is 9.04 Å². The van der Waals surface area contributed by atoms with Gasteiger partial charge >= 0.3 is 6.08 Å². The Balaban J connectivity index is 2.06. The molecule has 9 heteroatoms. The molecule has 0 radical (unpaired) electrons. The van der Waals surface area contributed by atoms with Crippen LogP contribution in [0, 0.1) is 0 Å². The lowest BCUT2D eigenvalue weighted by molar-refractivity contribution is 0.371. The highest BCUT2D eigenvalue weighted by Crippen LogP contribution is 2.30. The monoisotopic (exact) mass is 474 g/mol. The molecular formula is C24H21F3N2O3S. The fraction of sp³-hybridized carbons (Fsp3) is 0.125. The highest BCUT2D eigenvalue weighted by atomic mass is 32.2. The molecule has 0 saturated carbocycles. The van der Waals surface area contributed by atoms with E-state index in [1.165, 1.54) is 31.4 Å². The number of aromatic nitrogens is 1. The zero-order chi connectivity index (χ0) is 23.8. The van der Waals surface area contributed by atoms with Crippen LogP contribution >= 0.6 is 0 Å². The van der Waals surface area contributed by atoms with E-state index in [0.29, 0.717) is 11.3 Å². The third-order valence-electron chi connectivity index (χ3n) is 4.75. The molecule has 3 rings (SSSR count). The first-order chi connectivity index (χ1) is 15.8. The molecule has 0 bridgehead atoms. The van der Waals surface area contributed by atoms with Gasteiger partial charge in [-0.3, -0.25) is 9.29 Å². The molecule has 0 aliphatic rings. The largest absolute Gasteiger partial charge is 0.497 e. The molecule has 1 aromatic heterocycles. The van der Waals surface area contributed by atoms with Crippen molar-refractivity contribution in [1.82, 2.24) is 4.98 Å². The lowest BCUT2D eigenvalue weighted by Crippen LogP contribution is -2.32. The van der Waals surface area contributed by atoms with Crippen LogP contribution in [0.2, 0.25) is 0 Å². The Kier molecular flexibility index (Phi) is 7.89. The molecule has 0 aliphatic heterocycles. The second-order valence-corrected chi connectivity index (χ2v) is 8.70. The third kappa shape index (κ3) is 6.01. The van der Waals surface area contributed by atoms with Crippen molar-refractivity contribution in [1.29, 1.82) is 0 Å². The van der Waals surface area contributed by atoms with Crippen LogP contribution in [-0.2, 0) is 10.0 Å². The number of halogens is 3. The van der Waals surface area contributed by atoms with Gasteiger partial charge in [-0.25, -0.2) is 12.8 Å². The minimum absolute atomic E-state index is 0.0821. The van der Waals surface area contributed by atoms with Gasteiger partial charge in [0.25, 0.3) is 10.0 Å². The number of hydrogen-bond donors (Lipinski definition) is 0. The van der Waals surface area contributed by atoms with Crippen molar-refractivity contribution in [3.8, 4) is 5.75 Å². The fourth-order valence-electron chi connectivity index (χ4n) is 3.06. The SMILES string of the molecule is COc1ccc(S(=O)(=O)N(CCC(F)=C(F)F)c2ccccc2/C=C/c2ccncc2)cc1. The van der Waals surface area contributed by atoms with E-state index in [1.807, 2.05) is 0 Å². The Labute approximate surface area is 190 Å². The van der Waals surface area contributed by atoms with Crippen LogP contribution in [0.3, 0.4) is 0 Å². The van der Waals surface area contributed by atoms with Crippen LogP contribution in [0.4, 0.5) is 18.9 Å². The van der Waals surface area contributed by atoms with E-state index < -0.39 is 34.9 Å². The zero-order valence-electron chi connectivity index (χ0n) is 17.7. The van der Waals surface area contributed by atoms with Crippen molar-refractivity contribution >= 4 is 27.9 Å². The van der Waals surface area contributed by atoms with Gasteiger partial charge in [0.1, 0.15) is 5.75 Å². The molecule has 0 atom stereocenters. The Morgan fingerprint density at radius 2 is 1.64 bits per heavy atom. The van der Waals surface area contributed by atoms with Gasteiger partial charge in [0.15, 0.2) is 5.83 Å². The number of hydrogen-bond acceptors (Lipinski definition) is 4. The molecule has 5 nitrogen and oxygen atoms in total. The average molecular weight is 475 g/mol. The van der Waals surface area contributed by atoms with Gasteiger partial charge in [0.2, 0.25) is 0 Å². The minimum Gasteiger partial charge on any atom is -0.497 e. The summed E-state index contributed by atoms with van der Waals surface area (Å²) in [6.07, 6.45) is 3.45. The van der Waals surface area contributed by atoms with Gasteiger partial charge in [-0.1, -0.05) is 30.4 Å². The zero-order valence-corrected chi connectivity index (χ0v) is 18.5. The fourth-order valence-corrected chi connectivity index (χ4v) is 4.55. The van der Waals surface area contributed by atoms with E-state index >= 15 is 0 Å². The lowest BCUT2D eigenvalue weighted by atomic mass is 10.1. The summed E-state index contributed by atoms with van der Waals surface area (Å²) in [5.41, 5.74) is 1.57. The molecule has 0 unspecified atom stereocenters. The molecule has 172 valence electrons. The number of rotatable bonds is 9. The van der Waals surface area contributed by atoms with Crippen LogP contribution in [-0.4, -0.2) is 27.1 Å². The summed E-state index contributed by atoms with van der Waals surface area (Å²) >= 11 is 0. The first-order valence-electron chi connectivity index (χ1n) is 9.86. The topological polar surface area (TPSA) is 59.5 Å². The van der Waals surface area contributed by atoms with E-state index in [4.69, 9.17) is 4.74 Å². The minimum atomic E-state index is -4.21. The predicted octanol–water partition coefficient (Wildman–Crippen LogP) is 5.92. The first-order valence-corrected chi connectivity index (χ1v) is 11.3. The van der Waals surface area contributed by atoms with Crippen LogP contribution in [0.1, 0.15) is 17.5 Å². The van der Waals surface area contributed by atoms with Crippen molar-refractivity contribution in [2.24, 2.45) is 0 Å². The number of anilines is 1. The molecule has 0 amide bonds. The van der Waals surface area contributed by atoms with E-state index in [-0.39, 0.29) is 10.6 Å². The summed E-state index contributed by atoms with van der Waals surface area (Å²) in [7, 11) is -2.76. The van der Waals surface area contributed by atoms with Crippen LogP contribution in [0.25, 0.3) is 12.2 Å². The second-order valence-electron chi connectivity index (χ2n) is 6.84. The molecule has 0 spiro atoms. The quantitative estimate of drug-likeness (QED) is 0.386. The molecule has 33 heavy (non-hydrogen) atoms. The number of para-hydroxylation sites is 1. The van der Waals surface area contributed by atoms with Gasteiger partial charge in [-0.2, -0.15) is 8.78 Å². The Bertz CT molecular complexity index is 1240. The van der Waals surface area contributed by atoms with E-state index in [2.05, 4.69) is 4.98 Å². The first kappa shape index (κ1) is 24.1. The molecule has 1 heterocycles. The maximum Gasteiger partial charge on any atom is 0.301 e. The third-order valence-corrected chi connectivity index (χ3v) is 6.58. The molecule has 0 N–H and O–H groups in total. The maximum atomic E-state index is 13.6. The number of methoxy groups -OCH3 is 1. The summed E-state index contributed by atoms with van der Waals surface area (Å²) < 4.78 is 71.9. The van der Waals surface area contributed by atoms with Crippen molar-refractivity contribution in [3.05, 3.63) is 96.1 Å². The molecular weight excluding hydrogens is 453 g/mol. The maximum absolute atomic E-state index is 13.6. The second kappa shape index (κ2) is 10.8. The lowest BCUT2D eigenvalue weighted by Gasteiger charge is -2.26. The molecule has 2 aromatic carbocycles. The summed E-state index contributed by atoms with van der Waals surface area (Å²) in [5.74, 6) is -1.20. The van der Waals surface area contributed by atoms with Gasteiger partial charge in [-0.15, -0.1) is 0 Å². The van der Waals surface area contributed by atoms with Gasteiger partial charge in [-0.05, 0) is 53.6 Å². The summed E-state index contributed by atoms with van der Waals surface area (Å²) in [6.45, 7) is -0.516. The number of nitrogens with zero attached hydrogens (tertiary/aromatic N) is 2. The summed E-state index contributed by atoms with van der Waals surface area (Å²) in [5, 5.41) is 0. The van der Waals surface area contributed by atoms with Crippen molar-refractivity contribution < 1.29 is 26.3 Å². The van der Waals surface area contributed by atoms with Gasteiger partial charge in [0.05, 0.1) is 17.7 Å². The Morgan fingerprint density at radius 3 is 2.27 bits per heavy atom. The number of sulfonamides is 1. The van der Waals surface area contributed by atoms with E-state index in [0.717, 1.165) is 9.87 Å². The van der Waals surface area contributed by atoms with Crippen LogP contribution in [0.5, 0.6) is 5.75 Å². The predicted molar refractivity (Wildman–Crippen MR) is 122 cm³/mol. The number of pyridine rings is 1. The molecule has 3 aromatic rings. The van der Waals surface area contributed by atoms with Gasteiger partial charge < -0.3 is 4.74 Å². The Morgan fingerprint density at radius 1 is 0.970 bits per heavy atom.